The molecule has 5 nitrogen and oxygen atoms in total. The lowest BCUT2D eigenvalue weighted by atomic mass is 9.90. The van der Waals surface area contributed by atoms with E-state index in [-0.39, 0.29) is 5.91 Å². The Morgan fingerprint density at radius 3 is 2.57 bits per heavy atom. The molecular weight excluding hydrogens is 266 g/mol. The van der Waals surface area contributed by atoms with Gasteiger partial charge in [0.05, 0.1) is 6.10 Å². The highest BCUT2D eigenvalue weighted by Crippen LogP contribution is 2.42. The lowest BCUT2D eigenvalue weighted by Crippen LogP contribution is -2.64. The molecule has 1 aliphatic heterocycles. The Balaban J connectivity index is 1.67. The molecule has 0 bridgehead atoms. The van der Waals surface area contributed by atoms with Crippen molar-refractivity contribution in [3.63, 3.8) is 0 Å². The van der Waals surface area contributed by atoms with Crippen LogP contribution >= 0.6 is 0 Å². The first kappa shape index (κ1) is 15.3. The molecule has 120 valence electrons. The van der Waals surface area contributed by atoms with Crippen molar-refractivity contribution in [1.82, 2.24) is 10.2 Å². The van der Waals surface area contributed by atoms with Gasteiger partial charge in [0.1, 0.15) is 5.54 Å². The lowest BCUT2D eigenvalue weighted by molar-refractivity contribution is -0.126. The fourth-order valence-corrected chi connectivity index (χ4v) is 3.55. The van der Waals surface area contributed by atoms with Crippen LogP contribution in [0.25, 0.3) is 0 Å². The highest BCUT2D eigenvalue weighted by molar-refractivity contribution is 5.86. The molecule has 1 heterocycles. The molecule has 5 heteroatoms. The molecule has 1 saturated heterocycles. The Labute approximate surface area is 127 Å². The highest BCUT2D eigenvalue weighted by Gasteiger charge is 2.52. The number of hydrogen-bond donors (Lipinski definition) is 2. The monoisotopic (exact) mass is 295 g/mol. The summed E-state index contributed by atoms with van der Waals surface area (Å²) in [5, 5.41) is 3.60. The van der Waals surface area contributed by atoms with E-state index in [0.717, 1.165) is 51.9 Å². The zero-order valence-corrected chi connectivity index (χ0v) is 13.1. The van der Waals surface area contributed by atoms with Crippen LogP contribution in [0, 0.1) is 5.92 Å². The maximum atomic E-state index is 12.3. The van der Waals surface area contributed by atoms with Gasteiger partial charge in [0.2, 0.25) is 5.91 Å². The number of nitrogens with two attached hydrogens (primary N) is 1. The number of carbonyl (C=O) groups is 1. The Bertz CT molecular complexity index is 376. The summed E-state index contributed by atoms with van der Waals surface area (Å²) >= 11 is 0. The van der Waals surface area contributed by atoms with Gasteiger partial charge in [-0.05, 0) is 51.0 Å². The largest absolute Gasteiger partial charge is 0.377 e. The number of hydrogen-bond acceptors (Lipinski definition) is 4. The summed E-state index contributed by atoms with van der Waals surface area (Å²) in [4.78, 5) is 14.6. The van der Waals surface area contributed by atoms with E-state index in [2.05, 4.69) is 17.1 Å². The van der Waals surface area contributed by atoms with Crippen LogP contribution in [0.4, 0.5) is 0 Å². The van der Waals surface area contributed by atoms with Crippen LogP contribution in [0.3, 0.4) is 0 Å². The third-order valence-corrected chi connectivity index (χ3v) is 5.16. The lowest BCUT2D eigenvalue weighted by Gasteiger charge is -2.38. The molecule has 0 radical (unpaired) electrons. The topological polar surface area (TPSA) is 67.6 Å². The summed E-state index contributed by atoms with van der Waals surface area (Å²) in [6, 6.07) is 0.500. The van der Waals surface area contributed by atoms with E-state index in [1.807, 2.05) is 0 Å². The van der Waals surface area contributed by atoms with Gasteiger partial charge >= 0.3 is 0 Å². The fraction of sp³-hybridized carbons (Fsp3) is 0.938. The summed E-state index contributed by atoms with van der Waals surface area (Å²) in [6.07, 6.45) is 7.24. The summed E-state index contributed by atoms with van der Waals surface area (Å²) < 4.78 is 5.75. The molecule has 3 rings (SSSR count). The first-order chi connectivity index (χ1) is 10.1. The standard InChI is InChI=1S/C16H29N3O2/c1-2-19(10-14-4-3-9-21-14)11-16(15(17)20,12-5-6-12)18-13-7-8-13/h12-14,18H,2-11H2,1H3,(H2,17,20). The van der Waals surface area contributed by atoms with E-state index < -0.39 is 5.54 Å². The Hall–Kier alpha value is -0.650. The van der Waals surface area contributed by atoms with Crippen LogP contribution in [-0.2, 0) is 9.53 Å². The van der Waals surface area contributed by atoms with Crippen molar-refractivity contribution in [1.29, 1.82) is 0 Å². The van der Waals surface area contributed by atoms with E-state index >= 15 is 0 Å². The molecule has 0 spiro atoms. The zero-order valence-electron chi connectivity index (χ0n) is 13.1. The van der Waals surface area contributed by atoms with Gasteiger partial charge in [0.25, 0.3) is 0 Å². The maximum absolute atomic E-state index is 12.3. The summed E-state index contributed by atoms with van der Waals surface area (Å²) in [5.41, 5.74) is 5.32. The van der Waals surface area contributed by atoms with Gasteiger partial charge in [-0.15, -0.1) is 0 Å². The van der Waals surface area contributed by atoms with Crippen LogP contribution in [0.1, 0.15) is 45.4 Å². The fourth-order valence-electron chi connectivity index (χ4n) is 3.55. The molecule has 3 aliphatic rings. The smallest absolute Gasteiger partial charge is 0.239 e. The van der Waals surface area contributed by atoms with Crippen LogP contribution in [0.5, 0.6) is 0 Å². The second kappa shape index (κ2) is 6.23. The van der Waals surface area contributed by atoms with Crippen LogP contribution in [0.15, 0.2) is 0 Å². The van der Waals surface area contributed by atoms with E-state index in [4.69, 9.17) is 10.5 Å². The van der Waals surface area contributed by atoms with Crippen molar-refractivity contribution in [2.75, 3.05) is 26.2 Å². The molecule has 2 atom stereocenters. The van der Waals surface area contributed by atoms with Crippen molar-refractivity contribution in [3.05, 3.63) is 0 Å². The normalized spacial score (nSPS) is 28.8. The average molecular weight is 295 g/mol. The molecule has 21 heavy (non-hydrogen) atoms. The minimum Gasteiger partial charge on any atom is -0.377 e. The zero-order chi connectivity index (χ0) is 14.9. The molecule has 1 amide bonds. The van der Waals surface area contributed by atoms with Gasteiger partial charge in [-0.25, -0.2) is 0 Å². The first-order valence-corrected chi connectivity index (χ1v) is 8.55. The third-order valence-electron chi connectivity index (χ3n) is 5.16. The molecule has 0 aromatic rings. The Morgan fingerprint density at radius 1 is 1.33 bits per heavy atom. The second-order valence-corrected chi connectivity index (χ2v) is 6.99. The average Bonchev–Trinajstić information content (AvgIpc) is 3.37. The molecular formula is C16H29N3O2. The van der Waals surface area contributed by atoms with Crippen LogP contribution in [-0.4, -0.2) is 54.7 Å². The number of carbonyl (C=O) groups excluding carboxylic acids is 1. The van der Waals surface area contributed by atoms with Gasteiger partial charge in [0.15, 0.2) is 0 Å². The molecule has 2 saturated carbocycles. The van der Waals surface area contributed by atoms with Crippen molar-refractivity contribution in [3.8, 4) is 0 Å². The van der Waals surface area contributed by atoms with Crippen molar-refractivity contribution >= 4 is 5.91 Å². The predicted octanol–water partition coefficient (Wildman–Crippen LogP) is 0.873. The summed E-state index contributed by atoms with van der Waals surface area (Å²) in [7, 11) is 0. The van der Waals surface area contributed by atoms with Gasteiger partial charge in [-0.2, -0.15) is 0 Å². The molecule has 2 unspecified atom stereocenters. The molecule has 0 aromatic carbocycles. The predicted molar refractivity (Wildman–Crippen MR) is 81.9 cm³/mol. The Morgan fingerprint density at radius 2 is 2.10 bits per heavy atom. The first-order valence-electron chi connectivity index (χ1n) is 8.55. The Kier molecular flexibility index (Phi) is 4.52. The van der Waals surface area contributed by atoms with E-state index in [1.54, 1.807) is 0 Å². The van der Waals surface area contributed by atoms with Gasteiger partial charge < -0.3 is 10.5 Å². The number of primary amides is 1. The number of rotatable bonds is 9. The molecule has 2 aliphatic carbocycles. The minimum absolute atomic E-state index is 0.164. The van der Waals surface area contributed by atoms with Crippen LogP contribution < -0.4 is 11.1 Å². The second-order valence-electron chi connectivity index (χ2n) is 6.99. The van der Waals surface area contributed by atoms with Gasteiger partial charge in [0, 0.05) is 25.7 Å². The maximum Gasteiger partial charge on any atom is 0.239 e. The molecule has 3 N–H and O–H groups in total. The number of nitrogens with one attached hydrogen (secondary N) is 1. The summed E-state index contributed by atoms with van der Waals surface area (Å²) in [6.45, 7) is 5.63. The number of nitrogens with zero attached hydrogens (tertiary/aromatic N) is 1. The van der Waals surface area contributed by atoms with Crippen molar-refractivity contribution < 1.29 is 9.53 Å². The highest BCUT2D eigenvalue weighted by atomic mass is 16.5. The number of amides is 1. The van der Waals surface area contributed by atoms with E-state index in [0.29, 0.717) is 18.1 Å². The van der Waals surface area contributed by atoms with E-state index in [1.165, 1.54) is 12.8 Å². The van der Waals surface area contributed by atoms with Crippen molar-refractivity contribution in [2.45, 2.75) is 63.1 Å². The third kappa shape index (κ3) is 3.58. The summed E-state index contributed by atoms with van der Waals surface area (Å²) in [5.74, 6) is 0.261. The number of likely N-dealkylation sites (N-methyl/N-ethyl adjacent to an activating group) is 1. The number of ether oxygens (including phenoxy) is 1. The molecule has 3 fully saturated rings. The molecule has 0 aromatic heterocycles. The minimum atomic E-state index is -0.518. The van der Waals surface area contributed by atoms with Gasteiger partial charge in [-0.3, -0.25) is 15.0 Å². The van der Waals surface area contributed by atoms with Gasteiger partial charge in [-0.1, -0.05) is 6.92 Å². The SMILES string of the molecule is CCN(CC1CCCO1)CC(NC1CC1)(C(N)=O)C1CC1. The quantitative estimate of drug-likeness (QED) is 0.662. The van der Waals surface area contributed by atoms with Crippen LogP contribution in [0.2, 0.25) is 0 Å². The van der Waals surface area contributed by atoms with Crippen molar-refractivity contribution in [2.24, 2.45) is 11.7 Å². The van der Waals surface area contributed by atoms with E-state index in [9.17, 15) is 4.79 Å².